The first-order chi connectivity index (χ1) is 36.2. The molecule has 20 heteroatoms. The minimum absolute atomic E-state index is 0.0169. The number of carbonyl (C=O) groups excluding carboxylic acids is 8. The van der Waals surface area contributed by atoms with Crippen molar-refractivity contribution in [3.63, 3.8) is 0 Å². The van der Waals surface area contributed by atoms with E-state index in [9.17, 15) is 38.4 Å². The largest absolute Gasteiger partial charge is 0.379 e. The van der Waals surface area contributed by atoms with E-state index in [1.165, 1.54) is 24.2 Å². The molecule has 8 amide bonds. The topological polar surface area (TPSA) is 235 Å². The molecule has 1 fully saturated rings. The fourth-order valence-electron chi connectivity index (χ4n) is 10.2. The molecule has 0 bridgehead atoms. The zero-order chi connectivity index (χ0) is 56.5. The van der Waals surface area contributed by atoms with Crippen molar-refractivity contribution in [2.75, 3.05) is 88.0 Å². The highest BCUT2D eigenvalue weighted by atomic mass is 16.5. The Bertz CT molecular complexity index is 2010. The van der Waals surface area contributed by atoms with Gasteiger partial charge in [-0.2, -0.15) is 0 Å². The molecule has 4 N–H and O–H groups in total. The van der Waals surface area contributed by atoms with E-state index in [1.807, 2.05) is 90.9 Å². The molecule has 9 atom stereocenters. The molecule has 20 nitrogen and oxygen atoms in total. The number of unbranched alkanes of at least 4 members (excludes halogenated alkanes) is 2. The highest BCUT2D eigenvalue weighted by molar-refractivity contribution is 6.12. The Morgan fingerprint density at radius 1 is 0.750 bits per heavy atom. The molecular formula is C56H92N8O12. The Balaban J connectivity index is 1.55. The lowest BCUT2D eigenvalue weighted by Gasteiger charge is -2.41. The Morgan fingerprint density at radius 2 is 1.38 bits per heavy atom. The Kier molecular flexibility index (Phi) is 28.9. The number of methoxy groups -OCH3 is 2. The summed E-state index contributed by atoms with van der Waals surface area (Å²) in [4.78, 5) is 112. The number of likely N-dealkylation sites (N-methyl/N-ethyl adjacent to an activating group) is 2. The van der Waals surface area contributed by atoms with Crippen molar-refractivity contribution in [2.24, 2.45) is 23.7 Å². The highest BCUT2D eigenvalue weighted by Gasteiger charge is 2.43. The second kappa shape index (κ2) is 33.8. The van der Waals surface area contributed by atoms with Gasteiger partial charge in [-0.3, -0.25) is 48.2 Å². The molecule has 428 valence electrons. The minimum atomic E-state index is -0.925. The number of nitrogens with one attached hydrogen (secondary N) is 4. The van der Waals surface area contributed by atoms with Gasteiger partial charge in [-0.1, -0.05) is 91.6 Å². The predicted molar refractivity (Wildman–Crippen MR) is 289 cm³/mol. The van der Waals surface area contributed by atoms with E-state index >= 15 is 0 Å². The van der Waals surface area contributed by atoms with Gasteiger partial charge in [0.2, 0.25) is 35.4 Å². The fraction of sp³-hybridized carbons (Fsp3) is 0.714. The maximum absolute atomic E-state index is 14.5. The molecule has 1 unspecified atom stereocenters. The second-order valence-electron chi connectivity index (χ2n) is 21.1. The smallest absolute Gasteiger partial charge is 0.253 e. The van der Waals surface area contributed by atoms with Crippen LogP contribution in [0.25, 0.3) is 0 Å². The second-order valence-corrected chi connectivity index (χ2v) is 21.1. The van der Waals surface area contributed by atoms with Crippen LogP contribution < -0.4 is 21.3 Å². The van der Waals surface area contributed by atoms with Gasteiger partial charge in [-0.25, -0.2) is 0 Å². The van der Waals surface area contributed by atoms with Crippen LogP contribution in [0.3, 0.4) is 0 Å². The number of benzene rings is 1. The van der Waals surface area contributed by atoms with E-state index in [2.05, 4.69) is 21.3 Å². The summed E-state index contributed by atoms with van der Waals surface area (Å²) in [5.41, 5.74) is 0.851. The number of hydrogen-bond acceptors (Lipinski definition) is 13. The van der Waals surface area contributed by atoms with Gasteiger partial charge in [0.1, 0.15) is 12.1 Å². The first kappa shape index (κ1) is 65.0. The number of nitrogens with zero attached hydrogens (tertiary/aromatic N) is 4. The predicted octanol–water partition coefficient (Wildman–Crippen LogP) is 3.11. The summed E-state index contributed by atoms with van der Waals surface area (Å²) in [7, 11) is 8.47. The monoisotopic (exact) mass is 1070 g/mol. The lowest BCUT2D eigenvalue weighted by atomic mass is 9.89. The maximum atomic E-state index is 14.5. The summed E-state index contributed by atoms with van der Waals surface area (Å²) in [6.45, 7) is 15.9. The third-order valence-corrected chi connectivity index (χ3v) is 14.5. The Labute approximate surface area is 452 Å². The van der Waals surface area contributed by atoms with Crippen molar-refractivity contribution in [1.29, 1.82) is 0 Å². The van der Waals surface area contributed by atoms with Gasteiger partial charge in [-0.05, 0) is 63.1 Å². The number of hydrogen-bond donors (Lipinski definition) is 4. The highest BCUT2D eigenvalue weighted by Crippen LogP contribution is 2.30. The van der Waals surface area contributed by atoms with Gasteiger partial charge in [0.25, 0.3) is 11.8 Å². The number of ether oxygens (including phenoxy) is 4. The zero-order valence-corrected chi connectivity index (χ0v) is 47.6. The Hall–Kier alpha value is -5.28. The normalized spacial score (nSPS) is 17.8. The van der Waals surface area contributed by atoms with Gasteiger partial charge in [-0.15, -0.1) is 0 Å². The van der Waals surface area contributed by atoms with Crippen LogP contribution in [0.15, 0.2) is 42.5 Å². The van der Waals surface area contributed by atoms with Gasteiger partial charge < -0.3 is 50.0 Å². The van der Waals surface area contributed by atoms with Crippen molar-refractivity contribution in [2.45, 2.75) is 149 Å². The fourth-order valence-corrected chi connectivity index (χ4v) is 10.2. The minimum Gasteiger partial charge on any atom is -0.379 e. The molecule has 2 heterocycles. The van der Waals surface area contributed by atoms with E-state index in [0.717, 1.165) is 5.56 Å². The maximum Gasteiger partial charge on any atom is 0.253 e. The van der Waals surface area contributed by atoms with E-state index in [-0.39, 0.29) is 98.3 Å². The molecule has 2 aliphatic rings. The molecular weight excluding hydrogens is 977 g/mol. The first-order valence-electron chi connectivity index (χ1n) is 27.3. The van der Waals surface area contributed by atoms with Crippen LogP contribution in [0, 0.1) is 23.7 Å². The average Bonchev–Trinajstić information content (AvgIpc) is 4.00. The van der Waals surface area contributed by atoms with Crippen molar-refractivity contribution < 1.29 is 57.3 Å². The third-order valence-electron chi connectivity index (χ3n) is 14.5. The summed E-state index contributed by atoms with van der Waals surface area (Å²) in [5.74, 6) is -3.20. The van der Waals surface area contributed by atoms with Gasteiger partial charge in [0, 0.05) is 72.4 Å². The SMILES string of the molecule is CC[C@H](C)[C@@H]([C@@H](CC(=O)N1CCC[C@H]1[C@H](OC)[C@@H](C)C(=O)N[C@H](Cc1ccccc1)C(=O)NCCOCCOCCNC(=O)CCCCCN1C(=O)C=CC1=O)OC)N(C)C(=O)[C@@H](NC(=O)C(C(C)C)N(C)C)C(C)C. The molecule has 2 aliphatic heterocycles. The van der Waals surface area contributed by atoms with Crippen molar-refractivity contribution in [3.8, 4) is 0 Å². The summed E-state index contributed by atoms with van der Waals surface area (Å²) in [6.07, 6.45) is 5.65. The third kappa shape index (κ3) is 20.3. The molecule has 0 radical (unpaired) electrons. The molecule has 0 saturated carbocycles. The van der Waals surface area contributed by atoms with Crippen molar-refractivity contribution in [1.82, 2.24) is 40.9 Å². The van der Waals surface area contributed by atoms with Crippen LogP contribution in [-0.4, -0.2) is 197 Å². The average molecular weight is 1070 g/mol. The molecule has 0 aromatic heterocycles. The Morgan fingerprint density at radius 3 is 1.95 bits per heavy atom. The summed E-state index contributed by atoms with van der Waals surface area (Å²) >= 11 is 0. The van der Waals surface area contributed by atoms with Crippen LogP contribution in [-0.2, 0) is 63.7 Å². The number of rotatable bonds is 36. The van der Waals surface area contributed by atoms with Gasteiger partial charge >= 0.3 is 0 Å². The molecule has 1 aromatic carbocycles. The standard InChI is InChI=1S/C56H92N8O12/c1-13-39(6)51(62(10)56(72)49(37(2)3)60-55(71)50(38(4)5)61(8)9)44(73-11)36-48(68)63-30-20-23-43(63)52(74-12)40(7)53(69)59-42(35-41-21-16-14-17-22-41)54(70)58-28-32-76-34-33-75-31-27-57-45(65)24-18-15-19-29-64-46(66)25-26-47(64)67/h14,16-17,21-22,25-26,37-40,42-44,49-52H,13,15,18-20,23-24,27-36H2,1-12H3,(H,57,65)(H,58,70)(H,59,69)(H,60,71)/t39-,40+,42+,43-,44+,49-,50?,51-,52+/m0/s1. The lowest BCUT2D eigenvalue weighted by molar-refractivity contribution is -0.148. The molecule has 3 rings (SSSR count). The van der Waals surface area contributed by atoms with Crippen LogP contribution in [0.1, 0.15) is 105 Å². The molecule has 0 aliphatic carbocycles. The summed E-state index contributed by atoms with van der Waals surface area (Å²) in [6, 6.07) is 6.28. The zero-order valence-electron chi connectivity index (χ0n) is 47.6. The van der Waals surface area contributed by atoms with E-state index in [0.29, 0.717) is 71.2 Å². The quantitative estimate of drug-likeness (QED) is 0.0560. The van der Waals surface area contributed by atoms with E-state index in [1.54, 1.807) is 30.9 Å². The molecule has 1 saturated heterocycles. The van der Waals surface area contributed by atoms with E-state index < -0.39 is 54.2 Å². The van der Waals surface area contributed by atoms with Crippen molar-refractivity contribution in [3.05, 3.63) is 48.0 Å². The van der Waals surface area contributed by atoms with E-state index in [4.69, 9.17) is 18.9 Å². The van der Waals surface area contributed by atoms with Gasteiger partial charge in [0.15, 0.2) is 0 Å². The number of carbonyl (C=O) groups is 8. The van der Waals surface area contributed by atoms with Crippen LogP contribution in [0.5, 0.6) is 0 Å². The number of imide groups is 1. The van der Waals surface area contributed by atoms with Crippen LogP contribution >= 0.6 is 0 Å². The number of amides is 8. The van der Waals surface area contributed by atoms with Crippen LogP contribution in [0.4, 0.5) is 0 Å². The molecule has 76 heavy (non-hydrogen) atoms. The first-order valence-corrected chi connectivity index (χ1v) is 27.3. The van der Waals surface area contributed by atoms with Crippen molar-refractivity contribution >= 4 is 47.3 Å². The van der Waals surface area contributed by atoms with Gasteiger partial charge in [0.05, 0.1) is 69.1 Å². The lowest BCUT2D eigenvalue weighted by Crippen LogP contribution is -2.59. The number of likely N-dealkylation sites (tertiary alicyclic amines) is 1. The van der Waals surface area contributed by atoms with Crippen LogP contribution in [0.2, 0.25) is 0 Å². The molecule has 0 spiro atoms. The summed E-state index contributed by atoms with van der Waals surface area (Å²) in [5, 5.41) is 11.7. The summed E-state index contributed by atoms with van der Waals surface area (Å²) < 4.78 is 23.3. The molecule has 1 aromatic rings.